The van der Waals surface area contributed by atoms with Crippen LogP contribution in [0.3, 0.4) is 0 Å². The molecule has 0 bridgehead atoms. The van der Waals surface area contributed by atoms with E-state index in [0.29, 0.717) is 21.8 Å². The van der Waals surface area contributed by atoms with Gasteiger partial charge in [0.15, 0.2) is 15.6 Å². The van der Waals surface area contributed by atoms with E-state index in [2.05, 4.69) is 0 Å². The first kappa shape index (κ1) is 18.9. The SMILES string of the molecule is CC(=O)c1ccccc1OCc1ccccc1CS(=O)(=O)c1ccccc1. The molecule has 138 valence electrons. The molecule has 0 heterocycles. The number of Topliss-reactive ketones (excluding diaryl/α,β-unsaturated/α-hetero) is 1. The van der Waals surface area contributed by atoms with E-state index in [1.165, 1.54) is 6.92 Å². The van der Waals surface area contributed by atoms with Crippen LogP contribution < -0.4 is 4.74 Å². The lowest BCUT2D eigenvalue weighted by Crippen LogP contribution is -2.09. The Morgan fingerprint density at radius 2 is 1.41 bits per heavy atom. The summed E-state index contributed by atoms with van der Waals surface area (Å²) in [6.45, 7) is 1.67. The van der Waals surface area contributed by atoms with Gasteiger partial charge in [-0.1, -0.05) is 54.6 Å². The van der Waals surface area contributed by atoms with Crippen molar-refractivity contribution >= 4 is 15.6 Å². The minimum Gasteiger partial charge on any atom is -0.488 e. The summed E-state index contributed by atoms with van der Waals surface area (Å²) in [5.41, 5.74) is 1.96. The number of ether oxygens (including phenoxy) is 1. The fourth-order valence-electron chi connectivity index (χ4n) is 2.79. The van der Waals surface area contributed by atoms with Crippen LogP contribution in [0.1, 0.15) is 28.4 Å². The second kappa shape index (κ2) is 8.18. The number of para-hydroxylation sites is 1. The van der Waals surface area contributed by atoms with E-state index in [-0.39, 0.29) is 18.1 Å². The molecule has 5 heteroatoms. The van der Waals surface area contributed by atoms with E-state index in [1.807, 2.05) is 18.2 Å². The smallest absolute Gasteiger partial charge is 0.182 e. The number of ketones is 1. The Balaban J connectivity index is 1.82. The summed E-state index contributed by atoms with van der Waals surface area (Å²) in [6, 6.07) is 22.7. The quantitative estimate of drug-likeness (QED) is 0.569. The fourth-order valence-corrected chi connectivity index (χ4v) is 4.22. The molecule has 4 nitrogen and oxygen atoms in total. The molecule has 3 aromatic rings. The summed E-state index contributed by atoms with van der Waals surface area (Å²) < 4.78 is 31.2. The van der Waals surface area contributed by atoms with Crippen molar-refractivity contribution in [3.05, 3.63) is 95.6 Å². The van der Waals surface area contributed by atoms with E-state index in [1.54, 1.807) is 60.7 Å². The predicted octanol–water partition coefficient (Wildman–Crippen LogP) is 4.44. The predicted molar refractivity (Wildman–Crippen MR) is 105 cm³/mol. The molecule has 0 spiro atoms. The maximum atomic E-state index is 12.7. The zero-order valence-corrected chi connectivity index (χ0v) is 15.8. The Morgan fingerprint density at radius 1 is 0.815 bits per heavy atom. The molecule has 0 radical (unpaired) electrons. The lowest BCUT2D eigenvalue weighted by molar-refractivity contribution is 0.101. The first-order valence-electron chi connectivity index (χ1n) is 8.55. The molecule has 0 saturated carbocycles. The highest BCUT2D eigenvalue weighted by Gasteiger charge is 2.17. The van der Waals surface area contributed by atoms with Crippen molar-refractivity contribution < 1.29 is 17.9 Å². The Hall–Kier alpha value is -2.92. The first-order chi connectivity index (χ1) is 13.0. The molecule has 0 amide bonds. The van der Waals surface area contributed by atoms with Crippen molar-refractivity contribution in [1.82, 2.24) is 0 Å². The molecule has 0 aliphatic rings. The molecule has 0 aromatic heterocycles. The number of benzene rings is 3. The second-order valence-corrected chi connectivity index (χ2v) is 8.17. The van der Waals surface area contributed by atoms with Gasteiger partial charge in [0.25, 0.3) is 0 Å². The summed E-state index contributed by atoms with van der Waals surface area (Å²) in [5, 5.41) is 0. The zero-order valence-electron chi connectivity index (χ0n) is 15.0. The zero-order chi connectivity index (χ0) is 19.3. The topological polar surface area (TPSA) is 60.4 Å². The van der Waals surface area contributed by atoms with Crippen LogP contribution in [0.4, 0.5) is 0 Å². The third-order valence-electron chi connectivity index (χ3n) is 4.22. The number of rotatable bonds is 7. The van der Waals surface area contributed by atoms with E-state index < -0.39 is 9.84 Å². The molecule has 3 aromatic carbocycles. The van der Waals surface area contributed by atoms with Crippen LogP contribution >= 0.6 is 0 Å². The lowest BCUT2D eigenvalue weighted by Gasteiger charge is -2.13. The molecule has 0 N–H and O–H groups in total. The van der Waals surface area contributed by atoms with Gasteiger partial charge in [-0.2, -0.15) is 0 Å². The van der Waals surface area contributed by atoms with Crippen LogP contribution in [0.2, 0.25) is 0 Å². The van der Waals surface area contributed by atoms with E-state index in [9.17, 15) is 13.2 Å². The molecule has 0 unspecified atom stereocenters. The molecule has 0 aliphatic heterocycles. The summed E-state index contributed by atoms with van der Waals surface area (Å²) in [6.07, 6.45) is 0. The summed E-state index contributed by atoms with van der Waals surface area (Å²) in [4.78, 5) is 12.0. The van der Waals surface area contributed by atoms with Crippen molar-refractivity contribution in [1.29, 1.82) is 0 Å². The van der Waals surface area contributed by atoms with Crippen molar-refractivity contribution in [3.63, 3.8) is 0 Å². The first-order valence-corrected chi connectivity index (χ1v) is 10.2. The number of hydrogen-bond donors (Lipinski definition) is 0. The molecule has 27 heavy (non-hydrogen) atoms. The van der Waals surface area contributed by atoms with Crippen molar-refractivity contribution in [3.8, 4) is 5.75 Å². The van der Waals surface area contributed by atoms with Gasteiger partial charge < -0.3 is 4.74 Å². The van der Waals surface area contributed by atoms with Crippen LogP contribution in [0.5, 0.6) is 5.75 Å². The number of sulfone groups is 1. The third kappa shape index (κ3) is 4.63. The Kier molecular flexibility index (Phi) is 5.72. The largest absolute Gasteiger partial charge is 0.488 e. The minimum atomic E-state index is -3.45. The van der Waals surface area contributed by atoms with Gasteiger partial charge >= 0.3 is 0 Å². The third-order valence-corrected chi connectivity index (χ3v) is 5.90. The molecular formula is C22H20O4S. The van der Waals surface area contributed by atoms with Crippen LogP contribution in [-0.2, 0) is 22.2 Å². The maximum Gasteiger partial charge on any atom is 0.182 e. The highest BCUT2D eigenvalue weighted by Crippen LogP contribution is 2.23. The Bertz CT molecular complexity index is 1040. The van der Waals surface area contributed by atoms with Crippen molar-refractivity contribution in [2.24, 2.45) is 0 Å². The van der Waals surface area contributed by atoms with Gasteiger partial charge in [0.1, 0.15) is 12.4 Å². The summed E-state index contributed by atoms with van der Waals surface area (Å²) in [7, 11) is -3.45. The normalized spacial score (nSPS) is 11.1. The highest BCUT2D eigenvalue weighted by atomic mass is 32.2. The van der Waals surface area contributed by atoms with Crippen LogP contribution in [0.25, 0.3) is 0 Å². The number of carbonyl (C=O) groups is 1. The van der Waals surface area contributed by atoms with Crippen LogP contribution in [0.15, 0.2) is 83.8 Å². The Morgan fingerprint density at radius 3 is 2.11 bits per heavy atom. The molecule has 3 rings (SSSR count). The number of carbonyl (C=O) groups excluding carboxylic acids is 1. The standard InChI is InChI=1S/C22H20O4S/c1-17(23)21-13-7-8-14-22(21)26-15-18-9-5-6-10-19(18)16-27(24,25)20-11-3-2-4-12-20/h2-14H,15-16H2,1H3. The van der Waals surface area contributed by atoms with Crippen LogP contribution in [-0.4, -0.2) is 14.2 Å². The second-order valence-electron chi connectivity index (χ2n) is 6.18. The van der Waals surface area contributed by atoms with Gasteiger partial charge in [-0.25, -0.2) is 8.42 Å². The average Bonchev–Trinajstić information content (AvgIpc) is 2.68. The Labute approximate surface area is 159 Å². The monoisotopic (exact) mass is 380 g/mol. The van der Waals surface area contributed by atoms with E-state index in [4.69, 9.17) is 4.74 Å². The van der Waals surface area contributed by atoms with E-state index >= 15 is 0 Å². The van der Waals surface area contributed by atoms with Crippen LogP contribution in [0, 0.1) is 0 Å². The molecule has 0 saturated heterocycles. The molecule has 0 fully saturated rings. The van der Waals surface area contributed by atoms with Gasteiger partial charge in [-0.05, 0) is 42.3 Å². The van der Waals surface area contributed by atoms with Gasteiger partial charge in [0, 0.05) is 0 Å². The average molecular weight is 380 g/mol. The minimum absolute atomic E-state index is 0.0782. The van der Waals surface area contributed by atoms with Crippen molar-refractivity contribution in [2.45, 2.75) is 24.2 Å². The fraction of sp³-hybridized carbons (Fsp3) is 0.136. The van der Waals surface area contributed by atoms with Gasteiger partial charge in [-0.15, -0.1) is 0 Å². The molecule has 0 aliphatic carbocycles. The summed E-state index contributed by atoms with van der Waals surface area (Å²) in [5.74, 6) is 0.307. The lowest BCUT2D eigenvalue weighted by atomic mass is 10.1. The number of hydrogen-bond acceptors (Lipinski definition) is 4. The molecule has 0 atom stereocenters. The van der Waals surface area contributed by atoms with Gasteiger partial charge in [0.05, 0.1) is 16.2 Å². The highest BCUT2D eigenvalue weighted by molar-refractivity contribution is 7.90. The van der Waals surface area contributed by atoms with E-state index in [0.717, 1.165) is 5.56 Å². The summed E-state index contributed by atoms with van der Waals surface area (Å²) >= 11 is 0. The van der Waals surface area contributed by atoms with Crippen molar-refractivity contribution in [2.75, 3.05) is 0 Å². The van der Waals surface area contributed by atoms with Gasteiger partial charge in [-0.3, -0.25) is 4.79 Å². The van der Waals surface area contributed by atoms with Gasteiger partial charge in [0.2, 0.25) is 0 Å². The molecular weight excluding hydrogens is 360 g/mol. The maximum absolute atomic E-state index is 12.7.